The fraction of sp³-hybridized carbons (Fsp3) is 0.273. The van der Waals surface area contributed by atoms with Gasteiger partial charge in [0.15, 0.2) is 5.78 Å². The zero-order valence-electron chi connectivity index (χ0n) is 15.1. The second-order valence-electron chi connectivity index (χ2n) is 7.47. The molecule has 2 N–H and O–H groups in total. The van der Waals surface area contributed by atoms with E-state index in [0.717, 1.165) is 5.56 Å². The number of phenols is 1. The van der Waals surface area contributed by atoms with Gasteiger partial charge in [0.05, 0.1) is 11.3 Å². The topological polar surface area (TPSA) is 69.9 Å². The van der Waals surface area contributed by atoms with Crippen molar-refractivity contribution in [1.82, 2.24) is 0 Å². The molecule has 0 heterocycles. The SMILES string of the molecule is CC1(C)CC(=O)C(=C(O)Cc2ccccc2)C(=Nc2ccccc2O)C1. The molecule has 0 atom stereocenters. The highest BCUT2D eigenvalue weighted by Crippen LogP contribution is 2.37. The summed E-state index contributed by atoms with van der Waals surface area (Å²) in [6.07, 6.45) is 1.20. The third kappa shape index (κ3) is 4.02. The Kier molecular flexibility index (Phi) is 4.94. The highest BCUT2D eigenvalue weighted by molar-refractivity contribution is 6.25. The van der Waals surface area contributed by atoms with Crippen molar-refractivity contribution in [2.75, 3.05) is 0 Å². The summed E-state index contributed by atoms with van der Waals surface area (Å²) in [6.45, 7) is 4.02. The van der Waals surface area contributed by atoms with Crippen LogP contribution in [-0.4, -0.2) is 21.7 Å². The minimum Gasteiger partial charge on any atom is -0.511 e. The number of aliphatic imine (C=N–C) groups is 1. The number of rotatable bonds is 3. The van der Waals surface area contributed by atoms with Crippen molar-refractivity contribution in [2.45, 2.75) is 33.1 Å². The van der Waals surface area contributed by atoms with E-state index < -0.39 is 0 Å². The van der Waals surface area contributed by atoms with Gasteiger partial charge in [0, 0.05) is 12.8 Å². The second kappa shape index (κ2) is 7.16. The van der Waals surface area contributed by atoms with Crippen molar-refractivity contribution in [1.29, 1.82) is 0 Å². The van der Waals surface area contributed by atoms with E-state index in [1.165, 1.54) is 0 Å². The Hall–Kier alpha value is -2.88. The average molecular weight is 349 g/mol. The van der Waals surface area contributed by atoms with E-state index in [1.807, 2.05) is 44.2 Å². The van der Waals surface area contributed by atoms with E-state index in [0.29, 0.717) is 24.2 Å². The first-order valence-corrected chi connectivity index (χ1v) is 8.71. The predicted octanol–water partition coefficient (Wildman–Crippen LogP) is 4.91. The van der Waals surface area contributed by atoms with E-state index in [4.69, 9.17) is 0 Å². The molecule has 4 nitrogen and oxygen atoms in total. The van der Waals surface area contributed by atoms with Gasteiger partial charge in [0.2, 0.25) is 0 Å². The molecule has 0 spiro atoms. The standard InChI is InChI=1S/C22H23NO3/c1-22(2)13-17(23-16-10-6-7-11-18(16)24)21(20(26)14-22)19(25)12-15-8-4-3-5-9-15/h3-11,24-25H,12-14H2,1-2H3. The number of hydrogen-bond acceptors (Lipinski definition) is 4. The average Bonchev–Trinajstić information content (AvgIpc) is 2.56. The largest absolute Gasteiger partial charge is 0.511 e. The van der Waals surface area contributed by atoms with Crippen LogP contribution in [0.15, 0.2) is 70.9 Å². The number of allylic oxidation sites excluding steroid dienone is 2. The van der Waals surface area contributed by atoms with Crippen molar-refractivity contribution < 1.29 is 15.0 Å². The molecule has 1 saturated carbocycles. The number of benzene rings is 2. The second-order valence-corrected chi connectivity index (χ2v) is 7.47. The number of ketones is 1. The van der Waals surface area contributed by atoms with Gasteiger partial charge in [-0.1, -0.05) is 56.3 Å². The van der Waals surface area contributed by atoms with Gasteiger partial charge in [0.1, 0.15) is 17.2 Å². The van der Waals surface area contributed by atoms with Crippen LogP contribution in [0.4, 0.5) is 5.69 Å². The summed E-state index contributed by atoms with van der Waals surface area (Å²) >= 11 is 0. The molecule has 2 aromatic carbocycles. The number of phenolic OH excluding ortho intramolecular Hbond substituents is 1. The van der Waals surface area contributed by atoms with Gasteiger partial charge in [0.25, 0.3) is 0 Å². The lowest BCUT2D eigenvalue weighted by atomic mass is 9.73. The van der Waals surface area contributed by atoms with Crippen LogP contribution in [0.1, 0.15) is 32.3 Å². The molecule has 4 heteroatoms. The van der Waals surface area contributed by atoms with Crippen LogP contribution < -0.4 is 0 Å². The summed E-state index contributed by atoms with van der Waals surface area (Å²) < 4.78 is 0. The van der Waals surface area contributed by atoms with Crippen molar-refractivity contribution in [3.8, 4) is 5.75 Å². The van der Waals surface area contributed by atoms with Gasteiger partial charge in [-0.15, -0.1) is 0 Å². The smallest absolute Gasteiger partial charge is 0.168 e. The minimum atomic E-state index is -0.239. The molecule has 0 bridgehead atoms. The van der Waals surface area contributed by atoms with E-state index in [2.05, 4.69) is 4.99 Å². The summed E-state index contributed by atoms with van der Waals surface area (Å²) in [6, 6.07) is 16.3. The van der Waals surface area contributed by atoms with E-state index in [9.17, 15) is 15.0 Å². The van der Waals surface area contributed by atoms with Crippen molar-refractivity contribution >= 4 is 17.2 Å². The fourth-order valence-corrected chi connectivity index (χ4v) is 3.29. The van der Waals surface area contributed by atoms with Crippen molar-refractivity contribution in [3.05, 3.63) is 71.5 Å². The maximum absolute atomic E-state index is 12.8. The van der Waals surface area contributed by atoms with Crippen LogP contribution >= 0.6 is 0 Å². The monoisotopic (exact) mass is 349 g/mol. The molecule has 0 aliphatic heterocycles. The summed E-state index contributed by atoms with van der Waals surface area (Å²) in [5.41, 5.74) is 1.91. The number of hydrogen-bond donors (Lipinski definition) is 2. The zero-order chi connectivity index (χ0) is 18.7. The molecule has 26 heavy (non-hydrogen) atoms. The fourth-order valence-electron chi connectivity index (χ4n) is 3.29. The Bertz CT molecular complexity index is 879. The molecule has 134 valence electrons. The summed E-state index contributed by atoms with van der Waals surface area (Å²) in [5.74, 6) is -0.0209. The number of para-hydroxylation sites is 2. The highest BCUT2D eigenvalue weighted by atomic mass is 16.3. The number of aromatic hydroxyl groups is 1. The van der Waals surface area contributed by atoms with Crippen LogP contribution in [0.3, 0.4) is 0 Å². The molecular formula is C22H23NO3. The number of nitrogens with zero attached hydrogens (tertiary/aromatic N) is 1. The van der Waals surface area contributed by atoms with Gasteiger partial charge in [-0.2, -0.15) is 0 Å². The van der Waals surface area contributed by atoms with Crippen molar-refractivity contribution in [3.63, 3.8) is 0 Å². The first-order valence-electron chi connectivity index (χ1n) is 8.71. The highest BCUT2D eigenvalue weighted by Gasteiger charge is 2.36. The number of carbonyl (C=O) groups is 1. The van der Waals surface area contributed by atoms with Gasteiger partial charge in [-0.25, -0.2) is 4.99 Å². The summed E-state index contributed by atoms with van der Waals surface area (Å²) in [7, 11) is 0. The number of Topliss-reactive ketones (excluding diaryl/α,β-unsaturated/α-hetero) is 1. The first-order chi connectivity index (χ1) is 12.4. The Morgan fingerprint density at radius 3 is 2.38 bits per heavy atom. The number of aliphatic hydroxyl groups excluding tert-OH is 1. The predicted molar refractivity (Wildman–Crippen MR) is 103 cm³/mol. The number of aliphatic hydroxyl groups is 1. The normalized spacial score (nSPS) is 20.2. The van der Waals surface area contributed by atoms with E-state index >= 15 is 0 Å². The Morgan fingerprint density at radius 2 is 1.69 bits per heavy atom. The van der Waals surface area contributed by atoms with Crippen LogP contribution in [0.5, 0.6) is 5.75 Å². The zero-order valence-corrected chi connectivity index (χ0v) is 15.1. The van der Waals surface area contributed by atoms with Crippen molar-refractivity contribution in [2.24, 2.45) is 10.4 Å². The Balaban J connectivity index is 2.06. The first kappa shape index (κ1) is 17.9. The van der Waals surface area contributed by atoms with Gasteiger partial charge in [-0.3, -0.25) is 4.79 Å². The molecule has 1 aliphatic rings. The molecule has 3 rings (SSSR count). The quantitative estimate of drug-likeness (QED) is 0.611. The Labute approximate surface area is 153 Å². The maximum atomic E-state index is 12.8. The maximum Gasteiger partial charge on any atom is 0.168 e. The third-order valence-electron chi connectivity index (χ3n) is 4.49. The molecule has 1 aliphatic carbocycles. The van der Waals surface area contributed by atoms with E-state index in [-0.39, 0.29) is 34.7 Å². The molecular weight excluding hydrogens is 326 g/mol. The molecule has 0 amide bonds. The molecule has 1 fully saturated rings. The van der Waals surface area contributed by atoms with Crippen LogP contribution in [0.25, 0.3) is 0 Å². The number of carbonyl (C=O) groups excluding carboxylic acids is 1. The lowest BCUT2D eigenvalue weighted by Gasteiger charge is -2.31. The minimum absolute atomic E-state index is 0.0332. The molecule has 0 aromatic heterocycles. The molecule has 2 aromatic rings. The van der Waals surface area contributed by atoms with Crippen LogP contribution in [0.2, 0.25) is 0 Å². The summed E-state index contributed by atoms with van der Waals surface area (Å²) in [4.78, 5) is 17.3. The van der Waals surface area contributed by atoms with Gasteiger partial charge in [-0.05, 0) is 29.5 Å². The molecule has 0 unspecified atom stereocenters. The molecule has 0 saturated heterocycles. The third-order valence-corrected chi connectivity index (χ3v) is 4.49. The van der Waals surface area contributed by atoms with Crippen LogP contribution in [-0.2, 0) is 11.2 Å². The summed E-state index contributed by atoms with van der Waals surface area (Å²) in [5, 5.41) is 20.7. The van der Waals surface area contributed by atoms with Gasteiger partial charge < -0.3 is 10.2 Å². The molecule has 0 radical (unpaired) electrons. The lowest BCUT2D eigenvalue weighted by Crippen LogP contribution is -2.32. The van der Waals surface area contributed by atoms with Crippen LogP contribution in [0, 0.1) is 5.41 Å². The van der Waals surface area contributed by atoms with Gasteiger partial charge >= 0.3 is 0 Å². The lowest BCUT2D eigenvalue weighted by molar-refractivity contribution is -0.117. The Morgan fingerprint density at radius 1 is 1.04 bits per heavy atom. The van der Waals surface area contributed by atoms with E-state index in [1.54, 1.807) is 24.3 Å².